The second-order valence-electron chi connectivity index (χ2n) is 5.05. The van der Waals surface area contributed by atoms with E-state index in [1.54, 1.807) is 13.0 Å². The number of halogens is 1. The fourth-order valence-electron chi connectivity index (χ4n) is 1.94. The first-order valence-electron chi connectivity index (χ1n) is 6.65. The Morgan fingerprint density at radius 1 is 1.21 bits per heavy atom. The van der Waals surface area contributed by atoms with Gasteiger partial charge in [0.25, 0.3) is 5.91 Å². The van der Waals surface area contributed by atoms with Gasteiger partial charge in [0, 0.05) is 25.2 Å². The number of nitrogens with zero attached hydrogens (tertiary/aromatic N) is 2. The molecule has 0 aliphatic rings. The maximum Gasteiger partial charge on any atom is 0.254 e. The largest absolute Gasteiger partial charge is 0.337 e. The Balaban J connectivity index is 2.85. The lowest BCUT2D eigenvalue weighted by molar-refractivity contribution is 0.0744. The van der Waals surface area contributed by atoms with E-state index in [0.29, 0.717) is 17.7 Å². The molecule has 0 N–H and O–H groups in total. The molecule has 1 amide bonds. The van der Waals surface area contributed by atoms with Gasteiger partial charge in [-0.1, -0.05) is 6.92 Å². The van der Waals surface area contributed by atoms with Crippen molar-refractivity contribution in [3.05, 3.63) is 35.1 Å². The fourth-order valence-corrected chi connectivity index (χ4v) is 1.94. The van der Waals surface area contributed by atoms with Gasteiger partial charge in [0.1, 0.15) is 5.82 Å². The molecule has 0 saturated heterocycles. The first-order valence-corrected chi connectivity index (χ1v) is 6.65. The van der Waals surface area contributed by atoms with Gasteiger partial charge < -0.3 is 9.80 Å². The first kappa shape index (κ1) is 15.6. The van der Waals surface area contributed by atoms with Gasteiger partial charge in [0.2, 0.25) is 0 Å². The molecule has 0 aliphatic carbocycles. The van der Waals surface area contributed by atoms with Crippen molar-refractivity contribution < 1.29 is 9.18 Å². The van der Waals surface area contributed by atoms with E-state index in [1.165, 1.54) is 12.1 Å². The van der Waals surface area contributed by atoms with Crippen LogP contribution in [0.1, 0.15) is 29.3 Å². The number of rotatable bonds is 6. The Labute approximate surface area is 115 Å². The molecule has 0 heterocycles. The highest BCUT2D eigenvalue weighted by atomic mass is 19.1. The number of carbonyl (C=O) groups excluding carboxylic acids is 1. The molecule has 0 saturated carbocycles. The summed E-state index contributed by atoms with van der Waals surface area (Å²) in [7, 11) is 3.97. The number of carbonyl (C=O) groups is 1. The zero-order valence-electron chi connectivity index (χ0n) is 12.2. The van der Waals surface area contributed by atoms with Crippen LogP contribution < -0.4 is 0 Å². The van der Waals surface area contributed by atoms with Crippen LogP contribution in [0.4, 0.5) is 4.39 Å². The quantitative estimate of drug-likeness (QED) is 0.790. The first-order chi connectivity index (χ1) is 8.95. The van der Waals surface area contributed by atoms with E-state index >= 15 is 0 Å². The SMILES string of the molecule is CCCN(CCN(C)C)C(=O)c1ccc(F)cc1C. The minimum atomic E-state index is -0.301. The van der Waals surface area contributed by atoms with Gasteiger partial charge in [0.05, 0.1) is 0 Å². The monoisotopic (exact) mass is 266 g/mol. The molecule has 1 rings (SSSR count). The zero-order chi connectivity index (χ0) is 14.4. The molecule has 0 fully saturated rings. The lowest BCUT2D eigenvalue weighted by Crippen LogP contribution is -2.37. The maximum atomic E-state index is 13.1. The number of amides is 1. The molecule has 1 aromatic carbocycles. The topological polar surface area (TPSA) is 23.6 Å². The van der Waals surface area contributed by atoms with E-state index in [1.807, 2.05) is 30.8 Å². The average Bonchev–Trinajstić information content (AvgIpc) is 2.33. The third kappa shape index (κ3) is 4.63. The Morgan fingerprint density at radius 2 is 1.89 bits per heavy atom. The van der Waals surface area contributed by atoms with E-state index in [9.17, 15) is 9.18 Å². The molecular weight excluding hydrogens is 243 g/mol. The Hall–Kier alpha value is -1.42. The standard InChI is InChI=1S/C15H23FN2O/c1-5-8-18(10-9-17(3)4)15(19)14-7-6-13(16)11-12(14)2/h6-7,11H,5,8-10H2,1-4H3. The molecule has 0 bridgehead atoms. The van der Waals surface area contributed by atoms with Gasteiger partial charge in [-0.2, -0.15) is 0 Å². The molecule has 106 valence electrons. The highest BCUT2D eigenvalue weighted by Crippen LogP contribution is 2.13. The third-order valence-corrected chi connectivity index (χ3v) is 3.02. The minimum absolute atomic E-state index is 0.0128. The van der Waals surface area contributed by atoms with Crippen LogP contribution in [0.5, 0.6) is 0 Å². The Morgan fingerprint density at radius 3 is 2.42 bits per heavy atom. The molecular formula is C15H23FN2O. The van der Waals surface area contributed by atoms with Crippen LogP contribution in [0.3, 0.4) is 0 Å². The van der Waals surface area contributed by atoms with Crippen LogP contribution in [0.25, 0.3) is 0 Å². The maximum absolute atomic E-state index is 13.1. The normalized spacial score (nSPS) is 10.8. The molecule has 3 nitrogen and oxygen atoms in total. The summed E-state index contributed by atoms with van der Waals surface area (Å²) >= 11 is 0. The third-order valence-electron chi connectivity index (χ3n) is 3.02. The number of hydrogen-bond acceptors (Lipinski definition) is 2. The van der Waals surface area contributed by atoms with Gasteiger partial charge >= 0.3 is 0 Å². The molecule has 0 aromatic heterocycles. The lowest BCUT2D eigenvalue weighted by atomic mass is 10.1. The second-order valence-corrected chi connectivity index (χ2v) is 5.05. The highest BCUT2D eigenvalue weighted by molar-refractivity contribution is 5.95. The second kappa shape index (κ2) is 7.24. The van der Waals surface area contributed by atoms with Crippen molar-refractivity contribution in [1.82, 2.24) is 9.80 Å². The molecule has 1 aromatic rings. The molecule has 19 heavy (non-hydrogen) atoms. The van der Waals surface area contributed by atoms with E-state index in [0.717, 1.165) is 19.5 Å². The van der Waals surface area contributed by atoms with Gasteiger partial charge in [-0.25, -0.2) is 4.39 Å². The highest BCUT2D eigenvalue weighted by Gasteiger charge is 2.17. The smallest absolute Gasteiger partial charge is 0.254 e. The van der Waals surface area contributed by atoms with Crippen molar-refractivity contribution in [2.75, 3.05) is 33.7 Å². The lowest BCUT2D eigenvalue weighted by Gasteiger charge is -2.24. The Kier molecular flexibility index (Phi) is 5.96. The molecule has 0 radical (unpaired) electrons. The van der Waals surface area contributed by atoms with Crippen molar-refractivity contribution in [3.8, 4) is 0 Å². The van der Waals surface area contributed by atoms with E-state index in [2.05, 4.69) is 0 Å². The minimum Gasteiger partial charge on any atom is -0.337 e. The number of likely N-dealkylation sites (N-methyl/N-ethyl adjacent to an activating group) is 1. The summed E-state index contributed by atoms with van der Waals surface area (Å²) in [5.74, 6) is -0.314. The summed E-state index contributed by atoms with van der Waals surface area (Å²) in [6.07, 6.45) is 0.916. The van der Waals surface area contributed by atoms with Gasteiger partial charge in [0.15, 0.2) is 0 Å². The van der Waals surface area contributed by atoms with Crippen molar-refractivity contribution in [2.45, 2.75) is 20.3 Å². The van der Waals surface area contributed by atoms with Crippen molar-refractivity contribution in [1.29, 1.82) is 0 Å². The predicted octanol–water partition coefficient (Wildman–Crippen LogP) is 2.55. The van der Waals surface area contributed by atoms with Gasteiger partial charge in [-0.05, 0) is 51.2 Å². The molecule has 0 atom stereocenters. The number of benzene rings is 1. The van der Waals surface area contributed by atoms with Crippen LogP contribution in [0.15, 0.2) is 18.2 Å². The number of aryl methyl sites for hydroxylation is 1. The fraction of sp³-hybridized carbons (Fsp3) is 0.533. The summed E-state index contributed by atoms with van der Waals surface area (Å²) in [5, 5.41) is 0. The van der Waals surface area contributed by atoms with Crippen LogP contribution >= 0.6 is 0 Å². The van der Waals surface area contributed by atoms with E-state index < -0.39 is 0 Å². The van der Waals surface area contributed by atoms with Crippen molar-refractivity contribution >= 4 is 5.91 Å². The van der Waals surface area contributed by atoms with E-state index in [4.69, 9.17) is 0 Å². The molecule has 4 heteroatoms. The summed E-state index contributed by atoms with van der Waals surface area (Å²) in [4.78, 5) is 16.3. The predicted molar refractivity (Wildman–Crippen MR) is 75.9 cm³/mol. The van der Waals surface area contributed by atoms with E-state index in [-0.39, 0.29) is 11.7 Å². The molecule has 0 unspecified atom stereocenters. The van der Waals surface area contributed by atoms with Crippen LogP contribution in [0, 0.1) is 12.7 Å². The van der Waals surface area contributed by atoms with Crippen LogP contribution in [-0.2, 0) is 0 Å². The van der Waals surface area contributed by atoms with Gasteiger partial charge in [-0.15, -0.1) is 0 Å². The van der Waals surface area contributed by atoms with Crippen LogP contribution in [0.2, 0.25) is 0 Å². The zero-order valence-corrected chi connectivity index (χ0v) is 12.2. The average molecular weight is 266 g/mol. The van der Waals surface area contributed by atoms with Gasteiger partial charge in [-0.3, -0.25) is 4.79 Å². The number of hydrogen-bond donors (Lipinski definition) is 0. The van der Waals surface area contributed by atoms with Crippen molar-refractivity contribution in [2.24, 2.45) is 0 Å². The summed E-state index contributed by atoms with van der Waals surface area (Å²) < 4.78 is 13.1. The van der Waals surface area contributed by atoms with Crippen LogP contribution in [-0.4, -0.2) is 49.4 Å². The Bertz CT molecular complexity index is 432. The van der Waals surface area contributed by atoms with Crippen molar-refractivity contribution in [3.63, 3.8) is 0 Å². The molecule has 0 aliphatic heterocycles. The molecule has 0 spiro atoms. The summed E-state index contributed by atoms with van der Waals surface area (Å²) in [6, 6.07) is 4.32. The summed E-state index contributed by atoms with van der Waals surface area (Å²) in [6.45, 7) is 6.06. The summed E-state index contributed by atoms with van der Waals surface area (Å²) in [5.41, 5.74) is 1.28.